The van der Waals surface area contributed by atoms with E-state index in [2.05, 4.69) is 23.4 Å². The minimum absolute atomic E-state index is 0.526. The Kier molecular flexibility index (Phi) is 3.32. The van der Waals surface area contributed by atoms with E-state index in [0.717, 1.165) is 17.8 Å². The van der Waals surface area contributed by atoms with Crippen molar-refractivity contribution in [1.29, 1.82) is 5.26 Å². The van der Waals surface area contributed by atoms with Gasteiger partial charge < -0.3 is 5.32 Å². The lowest BCUT2D eigenvalue weighted by molar-refractivity contribution is 0.746. The maximum absolute atomic E-state index is 8.37. The molecule has 0 spiro atoms. The van der Waals surface area contributed by atoms with Crippen molar-refractivity contribution in [2.24, 2.45) is 7.05 Å². The van der Waals surface area contributed by atoms with Crippen LogP contribution in [0.25, 0.3) is 0 Å². The summed E-state index contributed by atoms with van der Waals surface area (Å²) in [6, 6.07) is 2.09. The Morgan fingerprint density at radius 2 is 2.46 bits per heavy atom. The van der Waals surface area contributed by atoms with Gasteiger partial charge in [0.2, 0.25) is 0 Å². The second kappa shape index (κ2) is 4.51. The van der Waals surface area contributed by atoms with Crippen molar-refractivity contribution in [2.75, 3.05) is 11.9 Å². The van der Waals surface area contributed by atoms with Crippen LogP contribution in [0.15, 0.2) is 6.20 Å². The molecule has 1 aromatic heterocycles. The van der Waals surface area contributed by atoms with Gasteiger partial charge in [0, 0.05) is 19.8 Å². The molecule has 0 atom stereocenters. The van der Waals surface area contributed by atoms with E-state index in [-0.39, 0.29) is 0 Å². The predicted octanol–water partition coefficient (Wildman–Crippen LogP) is 1.31. The molecule has 0 radical (unpaired) electrons. The largest absolute Gasteiger partial charge is 0.381 e. The fourth-order valence-electron chi connectivity index (χ4n) is 1.20. The molecule has 0 amide bonds. The summed E-state index contributed by atoms with van der Waals surface area (Å²) in [6.45, 7) is 2.76. The minimum Gasteiger partial charge on any atom is -0.381 e. The van der Waals surface area contributed by atoms with Gasteiger partial charge in [-0.05, 0) is 6.42 Å². The average molecular weight is 178 g/mol. The monoisotopic (exact) mass is 178 g/mol. The number of nitrogens with one attached hydrogen (secondary N) is 1. The lowest BCUT2D eigenvalue weighted by Crippen LogP contribution is -2.01. The summed E-state index contributed by atoms with van der Waals surface area (Å²) in [6.07, 6.45) is 3.38. The predicted molar refractivity (Wildman–Crippen MR) is 51.3 cm³/mol. The molecule has 4 nitrogen and oxygen atoms in total. The highest BCUT2D eigenvalue weighted by Gasteiger charge is 2.03. The Bertz CT molecular complexity index is 308. The fourth-order valence-corrected chi connectivity index (χ4v) is 1.20. The maximum Gasteiger partial charge on any atom is 0.0853 e. The van der Waals surface area contributed by atoms with Crippen LogP contribution in [0.4, 0.5) is 5.69 Å². The van der Waals surface area contributed by atoms with Crippen LogP contribution in [0.2, 0.25) is 0 Å². The van der Waals surface area contributed by atoms with Gasteiger partial charge in [-0.3, -0.25) is 4.68 Å². The fraction of sp³-hybridized carbons (Fsp3) is 0.556. The van der Waals surface area contributed by atoms with Gasteiger partial charge in [0.15, 0.2) is 0 Å². The molecule has 0 saturated heterocycles. The first-order valence-corrected chi connectivity index (χ1v) is 4.41. The van der Waals surface area contributed by atoms with Crippen molar-refractivity contribution in [2.45, 2.75) is 19.8 Å². The van der Waals surface area contributed by atoms with E-state index < -0.39 is 0 Å². The van der Waals surface area contributed by atoms with Gasteiger partial charge in [-0.25, -0.2) is 0 Å². The van der Waals surface area contributed by atoms with Crippen molar-refractivity contribution in [3.05, 3.63) is 11.9 Å². The topological polar surface area (TPSA) is 53.6 Å². The summed E-state index contributed by atoms with van der Waals surface area (Å²) >= 11 is 0. The Morgan fingerprint density at radius 1 is 1.69 bits per heavy atom. The smallest absolute Gasteiger partial charge is 0.0853 e. The van der Waals surface area contributed by atoms with E-state index >= 15 is 0 Å². The van der Waals surface area contributed by atoms with Crippen LogP contribution in [0, 0.1) is 11.3 Å². The lowest BCUT2D eigenvalue weighted by atomic mass is 10.3. The molecule has 4 heteroatoms. The molecule has 1 heterocycles. The number of hydrogen-bond acceptors (Lipinski definition) is 3. The molecule has 0 aliphatic heterocycles. The van der Waals surface area contributed by atoms with Crippen molar-refractivity contribution in [3.8, 4) is 6.07 Å². The normalized spacial score (nSPS) is 9.62. The third-order valence-corrected chi connectivity index (χ3v) is 1.79. The number of nitrogens with zero attached hydrogens (tertiary/aromatic N) is 3. The van der Waals surface area contributed by atoms with Gasteiger partial charge in [0.25, 0.3) is 0 Å². The summed E-state index contributed by atoms with van der Waals surface area (Å²) in [5, 5.41) is 15.8. The Hall–Kier alpha value is -1.50. The molecular weight excluding hydrogens is 164 g/mol. The molecular formula is C9H14N4. The molecule has 1 rings (SSSR count). The molecule has 0 fully saturated rings. The third-order valence-electron chi connectivity index (χ3n) is 1.79. The molecule has 70 valence electrons. The number of hydrogen-bond donors (Lipinski definition) is 1. The molecule has 0 unspecified atom stereocenters. The first kappa shape index (κ1) is 9.59. The van der Waals surface area contributed by atoms with Crippen molar-refractivity contribution < 1.29 is 0 Å². The standard InChI is InChI=1S/C9H14N4/c1-3-8-9(7-13(2)12-8)11-6-4-5-10/h7,11H,3-4,6H2,1-2H3. The molecule has 0 aliphatic carbocycles. The average Bonchev–Trinajstić information content (AvgIpc) is 2.47. The molecule has 0 saturated carbocycles. The second-order valence-corrected chi connectivity index (χ2v) is 2.85. The molecule has 0 aliphatic rings. The quantitative estimate of drug-likeness (QED) is 0.707. The van der Waals surface area contributed by atoms with Gasteiger partial charge in [-0.15, -0.1) is 0 Å². The minimum atomic E-state index is 0.526. The van der Waals surface area contributed by atoms with Gasteiger partial charge in [-0.2, -0.15) is 10.4 Å². The molecule has 1 aromatic rings. The highest BCUT2D eigenvalue weighted by Crippen LogP contribution is 2.12. The summed E-state index contributed by atoms with van der Waals surface area (Å²) in [4.78, 5) is 0. The highest BCUT2D eigenvalue weighted by molar-refractivity contribution is 5.46. The highest BCUT2D eigenvalue weighted by atomic mass is 15.3. The van der Waals surface area contributed by atoms with Gasteiger partial charge in [-0.1, -0.05) is 6.92 Å². The Balaban J connectivity index is 2.59. The van der Waals surface area contributed by atoms with E-state index in [1.807, 2.05) is 13.2 Å². The maximum atomic E-state index is 8.37. The second-order valence-electron chi connectivity index (χ2n) is 2.85. The van der Waals surface area contributed by atoms with Crippen LogP contribution in [0.5, 0.6) is 0 Å². The lowest BCUT2D eigenvalue weighted by Gasteiger charge is -2.00. The van der Waals surface area contributed by atoms with E-state index in [0.29, 0.717) is 13.0 Å². The number of anilines is 1. The third kappa shape index (κ3) is 2.48. The molecule has 0 bridgehead atoms. The first-order valence-electron chi connectivity index (χ1n) is 4.41. The number of rotatable bonds is 4. The Labute approximate surface area is 78.2 Å². The van der Waals surface area contributed by atoms with Crippen LogP contribution in [0.3, 0.4) is 0 Å². The van der Waals surface area contributed by atoms with Gasteiger partial charge >= 0.3 is 0 Å². The molecule has 13 heavy (non-hydrogen) atoms. The van der Waals surface area contributed by atoms with Crippen molar-refractivity contribution >= 4 is 5.69 Å². The van der Waals surface area contributed by atoms with E-state index in [4.69, 9.17) is 5.26 Å². The van der Waals surface area contributed by atoms with Gasteiger partial charge in [0.05, 0.1) is 23.9 Å². The summed E-state index contributed by atoms with van der Waals surface area (Å²) in [5.41, 5.74) is 2.10. The number of nitriles is 1. The van der Waals surface area contributed by atoms with E-state index in [1.165, 1.54) is 0 Å². The van der Waals surface area contributed by atoms with Crippen LogP contribution >= 0.6 is 0 Å². The van der Waals surface area contributed by atoms with Crippen LogP contribution in [-0.4, -0.2) is 16.3 Å². The van der Waals surface area contributed by atoms with E-state index in [1.54, 1.807) is 4.68 Å². The zero-order chi connectivity index (χ0) is 9.68. The van der Waals surface area contributed by atoms with Crippen LogP contribution < -0.4 is 5.32 Å². The van der Waals surface area contributed by atoms with E-state index in [9.17, 15) is 0 Å². The zero-order valence-electron chi connectivity index (χ0n) is 8.04. The van der Waals surface area contributed by atoms with Crippen LogP contribution in [0.1, 0.15) is 19.0 Å². The zero-order valence-corrected chi connectivity index (χ0v) is 8.04. The molecule has 1 N–H and O–H groups in total. The van der Waals surface area contributed by atoms with Crippen LogP contribution in [-0.2, 0) is 13.5 Å². The summed E-state index contributed by atoms with van der Waals surface area (Å²) in [5.74, 6) is 0. The number of aryl methyl sites for hydroxylation is 2. The molecule has 0 aromatic carbocycles. The van der Waals surface area contributed by atoms with Gasteiger partial charge in [0.1, 0.15) is 0 Å². The van der Waals surface area contributed by atoms with Crippen molar-refractivity contribution in [1.82, 2.24) is 9.78 Å². The Morgan fingerprint density at radius 3 is 3.08 bits per heavy atom. The SMILES string of the molecule is CCc1nn(C)cc1NCCC#N. The van der Waals surface area contributed by atoms with Crippen molar-refractivity contribution in [3.63, 3.8) is 0 Å². The summed E-state index contributed by atoms with van der Waals surface area (Å²) < 4.78 is 1.79. The number of aromatic nitrogens is 2. The summed E-state index contributed by atoms with van der Waals surface area (Å²) in [7, 11) is 1.90. The first-order chi connectivity index (χ1) is 6.27.